The van der Waals surface area contributed by atoms with Gasteiger partial charge >= 0.3 is 6.03 Å². The highest BCUT2D eigenvalue weighted by molar-refractivity contribution is 5.75. The summed E-state index contributed by atoms with van der Waals surface area (Å²) in [7, 11) is 0. The van der Waals surface area contributed by atoms with Crippen molar-refractivity contribution in [1.82, 2.24) is 10.2 Å². The summed E-state index contributed by atoms with van der Waals surface area (Å²) in [5.74, 6) is 0. The van der Waals surface area contributed by atoms with Gasteiger partial charge in [-0.05, 0) is 30.9 Å². The zero-order chi connectivity index (χ0) is 16.9. The van der Waals surface area contributed by atoms with E-state index in [4.69, 9.17) is 0 Å². The number of nitrogens with zero attached hydrogens (tertiary/aromatic N) is 1. The van der Waals surface area contributed by atoms with Crippen LogP contribution in [-0.2, 0) is 0 Å². The number of carbonyl (C=O) groups is 1. The van der Waals surface area contributed by atoms with Gasteiger partial charge in [0.15, 0.2) is 0 Å². The lowest BCUT2D eigenvalue weighted by Gasteiger charge is -2.32. The molecule has 1 fully saturated rings. The second-order valence-corrected chi connectivity index (χ2v) is 6.45. The summed E-state index contributed by atoms with van der Waals surface area (Å²) in [5, 5.41) is 12.9. The molecule has 24 heavy (non-hydrogen) atoms. The number of hydrogen-bond acceptors (Lipinski definition) is 2. The van der Waals surface area contributed by atoms with Crippen molar-refractivity contribution in [1.29, 1.82) is 0 Å². The summed E-state index contributed by atoms with van der Waals surface area (Å²) < 4.78 is 0. The molecule has 2 atom stereocenters. The molecule has 4 heteroatoms. The highest BCUT2D eigenvalue weighted by atomic mass is 16.3. The minimum atomic E-state index is -0.418. The van der Waals surface area contributed by atoms with Crippen LogP contribution in [0.2, 0.25) is 0 Å². The molecule has 2 unspecified atom stereocenters. The first-order valence-corrected chi connectivity index (χ1v) is 8.48. The normalized spacial score (nSPS) is 18.9. The van der Waals surface area contributed by atoms with Crippen LogP contribution in [0.4, 0.5) is 4.79 Å². The molecule has 126 valence electrons. The number of hydrogen-bond donors (Lipinski definition) is 2. The number of rotatable bonds is 3. The Kier molecular flexibility index (Phi) is 5.16. The van der Waals surface area contributed by atoms with E-state index in [0.29, 0.717) is 13.1 Å². The predicted octanol–water partition coefficient (Wildman–Crippen LogP) is 3.25. The van der Waals surface area contributed by atoms with Crippen molar-refractivity contribution in [2.75, 3.05) is 13.1 Å². The van der Waals surface area contributed by atoms with Crippen LogP contribution in [0.1, 0.15) is 35.6 Å². The molecule has 2 aromatic rings. The summed E-state index contributed by atoms with van der Waals surface area (Å²) in [4.78, 5) is 14.4. The lowest BCUT2D eigenvalue weighted by molar-refractivity contribution is 0.0837. The van der Waals surface area contributed by atoms with Crippen LogP contribution in [0, 0.1) is 6.92 Å². The monoisotopic (exact) mass is 324 g/mol. The van der Waals surface area contributed by atoms with Crippen LogP contribution in [0.15, 0.2) is 54.6 Å². The second kappa shape index (κ2) is 7.49. The fourth-order valence-corrected chi connectivity index (χ4v) is 3.12. The molecule has 2 amide bonds. The van der Waals surface area contributed by atoms with Crippen LogP contribution in [0.25, 0.3) is 0 Å². The van der Waals surface area contributed by atoms with Gasteiger partial charge in [0.1, 0.15) is 0 Å². The summed E-state index contributed by atoms with van der Waals surface area (Å²) >= 11 is 0. The van der Waals surface area contributed by atoms with E-state index in [1.165, 1.54) is 5.56 Å². The number of piperidine rings is 1. The van der Waals surface area contributed by atoms with Crippen LogP contribution in [-0.4, -0.2) is 35.2 Å². The topological polar surface area (TPSA) is 52.6 Å². The number of likely N-dealkylation sites (tertiary alicyclic amines) is 1. The van der Waals surface area contributed by atoms with Gasteiger partial charge in [0.25, 0.3) is 0 Å². The van der Waals surface area contributed by atoms with Crippen LogP contribution < -0.4 is 5.32 Å². The van der Waals surface area contributed by atoms with E-state index in [1.807, 2.05) is 30.3 Å². The number of aliphatic hydroxyl groups excluding tert-OH is 1. The number of β-amino-alcohol motifs (C(OH)–C–C–N with tert-alkyl or cyclic N) is 1. The number of aryl methyl sites for hydroxylation is 1. The Morgan fingerprint density at radius 1 is 1.12 bits per heavy atom. The zero-order valence-corrected chi connectivity index (χ0v) is 14.0. The van der Waals surface area contributed by atoms with Gasteiger partial charge in [-0.25, -0.2) is 4.79 Å². The number of urea groups is 1. The van der Waals surface area contributed by atoms with Gasteiger partial charge in [0.05, 0.1) is 12.1 Å². The Bertz CT molecular complexity index is 670. The minimum Gasteiger partial charge on any atom is -0.391 e. The van der Waals surface area contributed by atoms with Crippen molar-refractivity contribution >= 4 is 6.03 Å². The molecule has 0 bridgehead atoms. The molecule has 0 spiro atoms. The maximum atomic E-state index is 12.7. The van der Waals surface area contributed by atoms with Gasteiger partial charge in [-0.2, -0.15) is 0 Å². The summed E-state index contributed by atoms with van der Waals surface area (Å²) in [6.07, 6.45) is 1.19. The molecule has 0 aliphatic carbocycles. The average Bonchev–Trinajstić information content (AvgIpc) is 2.61. The maximum Gasteiger partial charge on any atom is 0.318 e. The second-order valence-electron chi connectivity index (χ2n) is 6.45. The lowest BCUT2D eigenvalue weighted by Crippen LogP contribution is -2.48. The molecule has 1 aliphatic heterocycles. The molecule has 1 saturated heterocycles. The number of aliphatic hydroxyl groups is 1. The smallest absolute Gasteiger partial charge is 0.318 e. The molecule has 2 aromatic carbocycles. The first-order valence-electron chi connectivity index (χ1n) is 8.48. The van der Waals surface area contributed by atoms with Crippen molar-refractivity contribution in [2.24, 2.45) is 0 Å². The fraction of sp³-hybridized carbons (Fsp3) is 0.350. The summed E-state index contributed by atoms with van der Waals surface area (Å²) in [5.41, 5.74) is 3.29. The van der Waals surface area contributed by atoms with Crippen molar-refractivity contribution in [3.05, 3.63) is 71.3 Å². The Labute approximate surface area is 143 Å². The Hall–Kier alpha value is -2.33. The van der Waals surface area contributed by atoms with Gasteiger partial charge in [-0.15, -0.1) is 0 Å². The van der Waals surface area contributed by atoms with E-state index in [9.17, 15) is 9.90 Å². The molecule has 4 nitrogen and oxygen atoms in total. The van der Waals surface area contributed by atoms with Crippen LogP contribution in [0.3, 0.4) is 0 Å². The number of carbonyl (C=O) groups excluding carboxylic acids is 1. The molecular weight excluding hydrogens is 300 g/mol. The Morgan fingerprint density at radius 3 is 2.46 bits per heavy atom. The first kappa shape index (κ1) is 16.5. The third-order valence-electron chi connectivity index (χ3n) is 4.50. The number of benzene rings is 2. The largest absolute Gasteiger partial charge is 0.391 e. The molecule has 1 heterocycles. The quantitative estimate of drug-likeness (QED) is 0.910. The van der Waals surface area contributed by atoms with Crippen LogP contribution in [0.5, 0.6) is 0 Å². The third-order valence-corrected chi connectivity index (χ3v) is 4.50. The van der Waals surface area contributed by atoms with Gasteiger partial charge in [0.2, 0.25) is 0 Å². The SMILES string of the molecule is Cc1ccc(C(NC(=O)N2CCCC(O)C2)c2ccccc2)cc1. The van der Waals surface area contributed by atoms with Gasteiger partial charge in [-0.3, -0.25) is 0 Å². The van der Waals surface area contributed by atoms with E-state index in [1.54, 1.807) is 4.90 Å². The minimum absolute atomic E-state index is 0.122. The standard InChI is InChI=1S/C20H24N2O2/c1-15-9-11-17(12-10-15)19(16-6-3-2-4-7-16)21-20(24)22-13-5-8-18(23)14-22/h2-4,6-7,9-12,18-19,23H,5,8,13-14H2,1H3,(H,21,24). The number of amides is 2. The fourth-order valence-electron chi connectivity index (χ4n) is 3.12. The summed E-state index contributed by atoms with van der Waals surface area (Å²) in [6, 6.07) is 17.9. The Balaban J connectivity index is 1.82. The van der Waals surface area contributed by atoms with Crippen molar-refractivity contribution in [3.8, 4) is 0 Å². The predicted molar refractivity (Wildman–Crippen MR) is 94.8 cm³/mol. The van der Waals surface area contributed by atoms with Crippen molar-refractivity contribution in [2.45, 2.75) is 31.9 Å². The van der Waals surface area contributed by atoms with Crippen LogP contribution >= 0.6 is 0 Å². The van der Waals surface area contributed by atoms with Gasteiger partial charge < -0.3 is 15.3 Å². The van der Waals surface area contributed by atoms with Gasteiger partial charge in [0, 0.05) is 13.1 Å². The zero-order valence-electron chi connectivity index (χ0n) is 14.0. The van der Waals surface area contributed by atoms with Crippen molar-refractivity contribution < 1.29 is 9.90 Å². The van der Waals surface area contributed by atoms with E-state index in [-0.39, 0.29) is 12.1 Å². The molecule has 0 saturated carbocycles. The molecular formula is C20H24N2O2. The maximum absolute atomic E-state index is 12.7. The molecule has 1 aliphatic rings. The lowest BCUT2D eigenvalue weighted by atomic mass is 9.98. The van der Waals surface area contributed by atoms with E-state index >= 15 is 0 Å². The first-order chi connectivity index (χ1) is 11.6. The van der Waals surface area contributed by atoms with Gasteiger partial charge in [-0.1, -0.05) is 60.2 Å². The molecule has 2 N–H and O–H groups in total. The van der Waals surface area contributed by atoms with E-state index < -0.39 is 6.10 Å². The Morgan fingerprint density at radius 2 is 1.79 bits per heavy atom. The molecule has 0 radical (unpaired) electrons. The third kappa shape index (κ3) is 3.95. The van der Waals surface area contributed by atoms with Crippen molar-refractivity contribution in [3.63, 3.8) is 0 Å². The van der Waals surface area contributed by atoms with E-state index in [0.717, 1.165) is 24.0 Å². The molecule has 3 rings (SSSR count). The van der Waals surface area contributed by atoms with E-state index in [2.05, 4.69) is 36.5 Å². The summed E-state index contributed by atoms with van der Waals surface area (Å²) in [6.45, 7) is 3.15. The average molecular weight is 324 g/mol. The highest BCUT2D eigenvalue weighted by Gasteiger charge is 2.25. The molecule has 0 aromatic heterocycles. The number of nitrogens with one attached hydrogen (secondary N) is 1. The highest BCUT2D eigenvalue weighted by Crippen LogP contribution is 2.23.